The van der Waals surface area contributed by atoms with Crippen LogP contribution in [0.3, 0.4) is 0 Å². The normalized spacial score (nSPS) is 12.0. The molecular weight excluding hydrogens is 254 g/mol. The number of carbonyl (C=O) groups is 1. The van der Waals surface area contributed by atoms with Crippen molar-refractivity contribution in [2.75, 3.05) is 32.1 Å². The number of anilines is 1. The van der Waals surface area contributed by atoms with Gasteiger partial charge in [-0.15, -0.1) is 0 Å². The number of urea groups is 1. The van der Waals surface area contributed by atoms with E-state index >= 15 is 0 Å². The van der Waals surface area contributed by atoms with Crippen molar-refractivity contribution in [1.29, 1.82) is 0 Å². The van der Waals surface area contributed by atoms with Crippen molar-refractivity contribution >= 4 is 11.7 Å². The van der Waals surface area contributed by atoms with E-state index in [0.717, 1.165) is 5.69 Å². The first-order chi connectivity index (χ1) is 9.62. The van der Waals surface area contributed by atoms with Gasteiger partial charge in [-0.05, 0) is 45.0 Å². The van der Waals surface area contributed by atoms with Gasteiger partial charge >= 0.3 is 6.03 Å². The van der Waals surface area contributed by atoms with E-state index in [2.05, 4.69) is 17.6 Å². The third-order valence-electron chi connectivity index (χ3n) is 3.35. The third kappa shape index (κ3) is 4.83. The minimum absolute atomic E-state index is 0.0976. The second kappa shape index (κ2) is 8.55. The number of hydrogen-bond donors (Lipinski definition) is 3. The van der Waals surface area contributed by atoms with Crippen LogP contribution in [0.5, 0.6) is 0 Å². The average molecular weight is 279 g/mol. The SMILES string of the molecule is CCN(CCCO)C(=O)Nc1ccc(C(C)NC)cc1. The Kier molecular flexibility index (Phi) is 7.04. The largest absolute Gasteiger partial charge is 0.396 e. The first-order valence-corrected chi connectivity index (χ1v) is 7.06. The molecule has 0 heterocycles. The van der Waals surface area contributed by atoms with Crippen LogP contribution in [0, 0.1) is 0 Å². The Bertz CT molecular complexity index is 406. The Hall–Kier alpha value is -1.59. The van der Waals surface area contributed by atoms with Gasteiger partial charge in [0.25, 0.3) is 0 Å². The van der Waals surface area contributed by atoms with Gasteiger partial charge in [0.05, 0.1) is 0 Å². The molecule has 2 amide bonds. The Morgan fingerprint density at radius 1 is 1.35 bits per heavy atom. The number of nitrogens with one attached hydrogen (secondary N) is 2. The average Bonchev–Trinajstić information content (AvgIpc) is 2.48. The summed E-state index contributed by atoms with van der Waals surface area (Å²) in [7, 11) is 1.92. The maximum atomic E-state index is 12.0. The van der Waals surface area contributed by atoms with Crippen LogP contribution < -0.4 is 10.6 Å². The van der Waals surface area contributed by atoms with Crippen molar-refractivity contribution in [2.24, 2.45) is 0 Å². The predicted molar refractivity (Wildman–Crippen MR) is 81.9 cm³/mol. The molecule has 0 fully saturated rings. The number of nitrogens with zero attached hydrogens (tertiary/aromatic N) is 1. The molecule has 5 nitrogen and oxygen atoms in total. The van der Waals surface area contributed by atoms with Crippen molar-refractivity contribution in [3.8, 4) is 0 Å². The quantitative estimate of drug-likeness (QED) is 0.717. The lowest BCUT2D eigenvalue weighted by Crippen LogP contribution is -2.35. The third-order valence-corrected chi connectivity index (χ3v) is 3.35. The summed E-state index contributed by atoms with van der Waals surface area (Å²) in [5, 5.41) is 14.9. The molecule has 0 saturated heterocycles. The molecule has 0 saturated carbocycles. The van der Waals surface area contributed by atoms with Gasteiger partial charge in [0.1, 0.15) is 0 Å². The van der Waals surface area contributed by atoms with Gasteiger partial charge in [-0.2, -0.15) is 0 Å². The number of carbonyl (C=O) groups excluding carboxylic acids is 1. The van der Waals surface area contributed by atoms with Gasteiger partial charge in [-0.25, -0.2) is 4.79 Å². The first-order valence-electron chi connectivity index (χ1n) is 7.06. The van der Waals surface area contributed by atoms with Crippen LogP contribution in [0.15, 0.2) is 24.3 Å². The molecular formula is C15H25N3O2. The van der Waals surface area contributed by atoms with E-state index in [0.29, 0.717) is 19.5 Å². The van der Waals surface area contributed by atoms with Crippen molar-refractivity contribution in [2.45, 2.75) is 26.3 Å². The Labute approximate surface area is 121 Å². The highest BCUT2D eigenvalue weighted by atomic mass is 16.3. The molecule has 0 spiro atoms. The lowest BCUT2D eigenvalue weighted by atomic mass is 10.1. The fraction of sp³-hybridized carbons (Fsp3) is 0.533. The lowest BCUT2D eigenvalue weighted by Gasteiger charge is -2.21. The molecule has 1 unspecified atom stereocenters. The second-order valence-electron chi connectivity index (χ2n) is 4.72. The van der Waals surface area contributed by atoms with Crippen LogP contribution in [-0.4, -0.2) is 42.8 Å². The molecule has 0 aromatic heterocycles. The predicted octanol–water partition coefficient (Wildman–Crippen LogP) is 2.20. The number of aliphatic hydroxyl groups excluding tert-OH is 1. The van der Waals surface area contributed by atoms with Gasteiger partial charge in [0.2, 0.25) is 0 Å². The lowest BCUT2D eigenvalue weighted by molar-refractivity contribution is 0.205. The van der Waals surface area contributed by atoms with Crippen LogP contribution in [0.4, 0.5) is 10.5 Å². The number of rotatable bonds is 7. The summed E-state index contributed by atoms with van der Waals surface area (Å²) in [5.41, 5.74) is 1.96. The molecule has 0 aliphatic heterocycles. The molecule has 1 atom stereocenters. The molecule has 1 aromatic carbocycles. The van der Waals surface area contributed by atoms with Gasteiger partial charge < -0.3 is 20.6 Å². The monoisotopic (exact) mass is 279 g/mol. The van der Waals surface area contributed by atoms with Gasteiger partial charge in [0.15, 0.2) is 0 Å². The van der Waals surface area contributed by atoms with E-state index in [1.807, 2.05) is 38.2 Å². The molecule has 0 bridgehead atoms. The van der Waals surface area contributed by atoms with Crippen molar-refractivity contribution < 1.29 is 9.90 Å². The number of hydrogen-bond acceptors (Lipinski definition) is 3. The molecule has 1 aromatic rings. The minimum atomic E-state index is -0.129. The van der Waals surface area contributed by atoms with Gasteiger partial charge in [-0.1, -0.05) is 12.1 Å². The highest BCUT2D eigenvalue weighted by Crippen LogP contribution is 2.16. The van der Waals surface area contributed by atoms with Crippen LogP contribution in [0.2, 0.25) is 0 Å². The van der Waals surface area contributed by atoms with Crippen LogP contribution in [0.25, 0.3) is 0 Å². The topological polar surface area (TPSA) is 64.6 Å². The fourth-order valence-electron chi connectivity index (χ4n) is 1.89. The Morgan fingerprint density at radius 2 is 2.00 bits per heavy atom. The fourth-order valence-corrected chi connectivity index (χ4v) is 1.89. The van der Waals surface area contributed by atoms with Crippen LogP contribution >= 0.6 is 0 Å². The zero-order chi connectivity index (χ0) is 15.0. The van der Waals surface area contributed by atoms with Gasteiger partial charge in [0, 0.05) is 31.4 Å². The molecule has 0 aliphatic rings. The molecule has 0 aliphatic carbocycles. The summed E-state index contributed by atoms with van der Waals surface area (Å²) in [6.45, 7) is 5.30. The second-order valence-corrected chi connectivity index (χ2v) is 4.72. The van der Waals surface area contributed by atoms with Crippen molar-refractivity contribution in [1.82, 2.24) is 10.2 Å². The van der Waals surface area contributed by atoms with E-state index in [4.69, 9.17) is 5.11 Å². The smallest absolute Gasteiger partial charge is 0.321 e. The van der Waals surface area contributed by atoms with Gasteiger partial charge in [-0.3, -0.25) is 0 Å². The van der Waals surface area contributed by atoms with Crippen molar-refractivity contribution in [3.63, 3.8) is 0 Å². The van der Waals surface area contributed by atoms with Crippen LogP contribution in [-0.2, 0) is 0 Å². The summed E-state index contributed by atoms with van der Waals surface area (Å²) < 4.78 is 0. The van der Waals surface area contributed by atoms with E-state index in [1.54, 1.807) is 4.90 Å². The maximum Gasteiger partial charge on any atom is 0.321 e. The minimum Gasteiger partial charge on any atom is -0.396 e. The number of benzene rings is 1. The number of amides is 2. The first kappa shape index (κ1) is 16.5. The van der Waals surface area contributed by atoms with Crippen molar-refractivity contribution in [3.05, 3.63) is 29.8 Å². The van der Waals surface area contributed by atoms with Crippen LogP contribution in [0.1, 0.15) is 31.9 Å². The zero-order valence-corrected chi connectivity index (χ0v) is 12.5. The van der Waals surface area contributed by atoms with E-state index < -0.39 is 0 Å². The zero-order valence-electron chi connectivity index (χ0n) is 12.5. The molecule has 112 valence electrons. The number of aliphatic hydroxyl groups is 1. The summed E-state index contributed by atoms with van der Waals surface area (Å²) in [4.78, 5) is 13.7. The highest BCUT2D eigenvalue weighted by Gasteiger charge is 2.11. The highest BCUT2D eigenvalue weighted by molar-refractivity contribution is 5.89. The molecule has 0 radical (unpaired) electrons. The van der Waals surface area contributed by atoms with E-state index in [9.17, 15) is 4.79 Å². The van der Waals surface area contributed by atoms with E-state index in [-0.39, 0.29) is 18.7 Å². The molecule has 1 rings (SSSR count). The Morgan fingerprint density at radius 3 is 2.50 bits per heavy atom. The summed E-state index contributed by atoms with van der Waals surface area (Å²) in [6, 6.07) is 7.97. The molecule has 20 heavy (non-hydrogen) atoms. The summed E-state index contributed by atoms with van der Waals surface area (Å²) in [5.74, 6) is 0. The maximum absolute atomic E-state index is 12.0. The summed E-state index contributed by atoms with van der Waals surface area (Å²) in [6.07, 6.45) is 0.597. The Balaban J connectivity index is 2.60. The molecule has 5 heteroatoms. The molecule has 3 N–H and O–H groups in total. The van der Waals surface area contributed by atoms with E-state index in [1.165, 1.54) is 5.56 Å². The summed E-state index contributed by atoms with van der Waals surface area (Å²) >= 11 is 0. The standard InChI is InChI=1S/C15H25N3O2/c1-4-18(10-5-11-19)15(20)17-14-8-6-13(7-9-14)12(2)16-3/h6-9,12,16,19H,4-5,10-11H2,1-3H3,(H,17,20).